The lowest BCUT2D eigenvalue weighted by Crippen LogP contribution is -2.47. The number of aryl methyl sites for hydroxylation is 1. The van der Waals surface area contributed by atoms with E-state index in [1.807, 2.05) is 37.3 Å². The summed E-state index contributed by atoms with van der Waals surface area (Å²) in [6.07, 6.45) is 0. The molecule has 1 aromatic heterocycles. The fourth-order valence-electron chi connectivity index (χ4n) is 4.63. The number of carbonyl (C=O) groups excluding carboxylic acids is 2. The van der Waals surface area contributed by atoms with E-state index in [0.717, 1.165) is 37.4 Å². The molecule has 0 saturated carbocycles. The van der Waals surface area contributed by atoms with Crippen molar-refractivity contribution in [3.05, 3.63) is 98.5 Å². The van der Waals surface area contributed by atoms with Crippen molar-refractivity contribution in [2.45, 2.75) is 20.5 Å². The predicted molar refractivity (Wildman–Crippen MR) is 140 cm³/mol. The predicted octanol–water partition coefficient (Wildman–Crippen LogP) is 4.77. The van der Waals surface area contributed by atoms with Gasteiger partial charge in [-0.15, -0.1) is 0 Å². The molecule has 0 unspecified atom stereocenters. The Balaban J connectivity index is 1.32. The van der Waals surface area contributed by atoms with E-state index < -0.39 is 5.76 Å². The number of fused-ring (bicyclic) bond motifs is 1. The van der Waals surface area contributed by atoms with Crippen LogP contribution < -0.4 is 10.7 Å². The van der Waals surface area contributed by atoms with E-state index in [2.05, 4.69) is 9.80 Å². The van der Waals surface area contributed by atoms with Crippen LogP contribution in [0.2, 0.25) is 5.02 Å². The summed E-state index contributed by atoms with van der Waals surface area (Å²) in [6, 6.07) is 18.0. The first kappa shape index (κ1) is 24.0. The monoisotopic (exact) mass is 503 g/mol. The Kier molecular flexibility index (Phi) is 6.51. The highest BCUT2D eigenvalue weighted by atomic mass is 35.5. The number of aromatic nitrogens is 1. The number of piperazine rings is 1. The number of anilines is 1. The Morgan fingerprint density at radius 1 is 0.944 bits per heavy atom. The summed E-state index contributed by atoms with van der Waals surface area (Å²) < 4.78 is 7.15. The first-order valence-electron chi connectivity index (χ1n) is 11.8. The molecule has 1 saturated heterocycles. The van der Waals surface area contributed by atoms with Crippen LogP contribution in [0.5, 0.6) is 0 Å². The lowest BCUT2D eigenvalue weighted by Gasteiger charge is -2.36. The summed E-state index contributed by atoms with van der Waals surface area (Å²) in [7, 11) is 0. The average Bonchev–Trinajstić information content (AvgIpc) is 3.17. The lowest BCUT2D eigenvalue weighted by atomic mass is 9.98. The van der Waals surface area contributed by atoms with E-state index in [0.29, 0.717) is 39.5 Å². The maximum absolute atomic E-state index is 13.1. The van der Waals surface area contributed by atoms with Gasteiger partial charge in [0.25, 0.3) is 0 Å². The van der Waals surface area contributed by atoms with Gasteiger partial charge in [-0.2, -0.15) is 0 Å². The number of oxazole rings is 1. The number of ketones is 2. The van der Waals surface area contributed by atoms with Crippen LogP contribution in [0.4, 0.5) is 5.69 Å². The van der Waals surface area contributed by atoms with E-state index in [9.17, 15) is 14.4 Å². The summed E-state index contributed by atoms with van der Waals surface area (Å²) in [4.78, 5) is 41.8. The number of hydrogen-bond acceptors (Lipinski definition) is 6. The highest BCUT2D eigenvalue weighted by Gasteiger charge is 2.21. The maximum atomic E-state index is 13.1. The molecule has 0 spiro atoms. The van der Waals surface area contributed by atoms with Gasteiger partial charge in [0.2, 0.25) is 0 Å². The number of hydrogen-bond donors (Lipinski definition) is 0. The fraction of sp³-hybridized carbons (Fsp3) is 0.250. The van der Waals surface area contributed by atoms with Crippen molar-refractivity contribution >= 4 is 40.0 Å². The van der Waals surface area contributed by atoms with Crippen molar-refractivity contribution in [1.29, 1.82) is 0 Å². The van der Waals surface area contributed by atoms with Crippen LogP contribution in [0, 0.1) is 6.92 Å². The van der Waals surface area contributed by atoms with Gasteiger partial charge >= 0.3 is 5.76 Å². The van der Waals surface area contributed by atoms with Gasteiger partial charge < -0.3 is 9.32 Å². The lowest BCUT2D eigenvalue weighted by molar-refractivity contribution is 0.101. The minimum Gasteiger partial charge on any atom is -0.408 e. The Morgan fingerprint density at radius 2 is 1.67 bits per heavy atom. The van der Waals surface area contributed by atoms with Crippen LogP contribution in [-0.2, 0) is 6.67 Å². The van der Waals surface area contributed by atoms with Crippen LogP contribution in [-0.4, -0.2) is 47.2 Å². The van der Waals surface area contributed by atoms with Crippen LogP contribution in [0.25, 0.3) is 11.1 Å². The van der Waals surface area contributed by atoms with E-state index in [-0.39, 0.29) is 11.6 Å². The average molecular weight is 504 g/mol. The van der Waals surface area contributed by atoms with Crippen molar-refractivity contribution in [2.75, 3.05) is 31.1 Å². The zero-order chi connectivity index (χ0) is 25.4. The zero-order valence-electron chi connectivity index (χ0n) is 20.2. The molecule has 2 heterocycles. The topological polar surface area (TPSA) is 75.8 Å². The van der Waals surface area contributed by atoms with Gasteiger partial charge in [-0.05, 0) is 67.9 Å². The van der Waals surface area contributed by atoms with Crippen molar-refractivity contribution in [2.24, 2.45) is 0 Å². The second kappa shape index (κ2) is 9.76. The van der Waals surface area contributed by atoms with Gasteiger partial charge in [-0.1, -0.05) is 23.7 Å². The number of nitrogens with zero attached hydrogens (tertiary/aromatic N) is 3. The van der Waals surface area contributed by atoms with E-state index in [1.165, 1.54) is 0 Å². The second-order valence-electron chi connectivity index (χ2n) is 9.12. The van der Waals surface area contributed by atoms with Crippen LogP contribution in [0.15, 0.2) is 69.9 Å². The Hall–Kier alpha value is -3.68. The van der Waals surface area contributed by atoms with Gasteiger partial charge in [-0.25, -0.2) is 4.79 Å². The third-order valence-corrected chi connectivity index (χ3v) is 6.93. The summed E-state index contributed by atoms with van der Waals surface area (Å²) in [5.41, 5.74) is 4.58. The number of halogens is 1. The van der Waals surface area contributed by atoms with Crippen LogP contribution >= 0.6 is 11.6 Å². The summed E-state index contributed by atoms with van der Waals surface area (Å²) in [6.45, 7) is 6.99. The molecule has 8 heteroatoms. The number of Topliss-reactive ketones (excluding diaryl/α,β-unsaturated/α-hetero) is 1. The first-order chi connectivity index (χ1) is 17.3. The quantitative estimate of drug-likeness (QED) is 0.353. The molecular formula is C28H26ClN3O4. The van der Waals surface area contributed by atoms with Gasteiger partial charge in [0.1, 0.15) is 0 Å². The molecule has 1 aliphatic rings. The Bertz CT molecular complexity index is 1510. The van der Waals surface area contributed by atoms with Crippen molar-refractivity contribution < 1.29 is 14.0 Å². The van der Waals surface area contributed by atoms with E-state index in [4.69, 9.17) is 16.0 Å². The maximum Gasteiger partial charge on any atom is 0.421 e. The van der Waals surface area contributed by atoms with Crippen molar-refractivity contribution in [1.82, 2.24) is 9.47 Å². The minimum atomic E-state index is -0.445. The molecule has 0 bridgehead atoms. The largest absolute Gasteiger partial charge is 0.421 e. The molecule has 7 nitrogen and oxygen atoms in total. The molecule has 5 rings (SSSR count). The van der Waals surface area contributed by atoms with E-state index in [1.54, 1.807) is 41.8 Å². The molecule has 36 heavy (non-hydrogen) atoms. The summed E-state index contributed by atoms with van der Waals surface area (Å²) in [5, 5.41) is 0.491. The number of rotatable bonds is 6. The fourth-order valence-corrected chi connectivity index (χ4v) is 4.82. The third-order valence-electron chi connectivity index (χ3n) is 6.70. The van der Waals surface area contributed by atoms with Gasteiger partial charge in [0.05, 0.1) is 12.2 Å². The van der Waals surface area contributed by atoms with Crippen molar-refractivity contribution in [3.8, 4) is 0 Å². The number of carbonyl (C=O) groups is 2. The summed E-state index contributed by atoms with van der Waals surface area (Å²) >= 11 is 6.05. The van der Waals surface area contributed by atoms with E-state index >= 15 is 0 Å². The molecule has 0 radical (unpaired) electrons. The molecule has 0 atom stereocenters. The number of benzene rings is 3. The van der Waals surface area contributed by atoms with Crippen molar-refractivity contribution in [3.63, 3.8) is 0 Å². The van der Waals surface area contributed by atoms with Gasteiger partial charge in [-0.3, -0.25) is 19.1 Å². The molecule has 0 aliphatic carbocycles. The minimum absolute atomic E-state index is 0.0559. The molecule has 184 valence electrons. The smallest absolute Gasteiger partial charge is 0.408 e. The molecule has 1 fully saturated rings. The standard InChI is InChI=1S/C28H26ClN3O4/c1-18-14-25-26(16-24(18)27(34)21-4-3-5-22(29)15-21)36-28(35)32(25)17-30-10-12-31(13-11-30)23-8-6-20(7-9-23)19(2)33/h3-9,14-16H,10-13,17H2,1-2H3. The van der Waals surface area contributed by atoms with Crippen LogP contribution in [0.3, 0.4) is 0 Å². The molecule has 0 amide bonds. The summed E-state index contributed by atoms with van der Waals surface area (Å²) in [5.74, 6) is -0.556. The van der Waals surface area contributed by atoms with Crippen LogP contribution in [0.1, 0.15) is 38.8 Å². The third kappa shape index (κ3) is 4.72. The highest BCUT2D eigenvalue weighted by molar-refractivity contribution is 6.31. The zero-order valence-corrected chi connectivity index (χ0v) is 20.9. The molecule has 0 N–H and O–H groups in total. The first-order valence-corrected chi connectivity index (χ1v) is 12.2. The molecular weight excluding hydrogens is 478 g/mol. The SMILES string of the molecule is CC(=O)c1ccc(N2CCN(Cn3c(=O)oc4cc(C(=O)c5cccc(Cl)c5)c(C)cc43)CC2)cc1. The molecule has 1 aliphatic heterocycles. The van der Waals surface area contributed by atoms with Gasteiger partial charge in [0.15, 0.2) is 17.1 Å². The normalized spacial score (nSPS) is 14.4. The highest BCUT2D eigenvalue weighted by Crippen LogP contribution is 2.24. The second-order valence-corrected chi connectivity index (χ2v) is 9.56. The molecule has 3 aromatic carbocycles. The molecule has 4 aromatic rings. The van der Waals surface area contributed by atoms with Gasteiger partial charge in [0, 0.05) is 53.6 Å². The Labute approximate surface area is 213 Å². The Morgan fingerprint density at radius 3 is 2.33 bits per heavy atom.